The first kappa shape index (κ1) is 9.45. The molecule has 0 saturated heterocycles. The number of nitrogens with zero attached hydrogens (tertiary/aromatic N) is 1. The molecule has 0 aliphatic rings. The smallest absolute Gasteiger partial charge is 0.335 e. The van der Waals surface area contributed by atoms with Crippen molar-refractivity contribution in [3.05, 3.63) is 35.5 Å². The zero-order chi connectivity index (χ0) is 11.0. The molecule has 0 aliphatic heterocycles. The zero-order valence-electron chi connectivity index (χ0n) is 8.19. The summed E-state index contributed by atoms with van der Waals surface area (Å²) in [6.07, 6.45) is 1.64. The highest BCUT2D eigenvalue weighted by Gasteiger charge is 2.07. The Balaban J connectivity index is 2.81. The number of carboxylic acids is 1. The lowest BCUT2D eigenvalue weighted by Gasteiger charge is -2.05. The van der Waals surface area contributed by atoms with Gasteiger partial charge in [0.25, 0.3) is 0 Å². The predicted octanol–water partition coefficient (Wildman–Crippen LogP) is 1.82. The first-order valence-electron chi connectivity index (χ1n) is 4.47. The summed E-state index contributed by atoms with van der Waals surface area (Å²) in [5, 5.41) is 10.5. The Morgan fingerprint density at radius 1 is 1.40 bits per heavy atom. The fourth-order valence-electron chi connectivity index (χ4n) is 1.53. The van der Waals surface area contributed by atoms with E-state index >= 15 is 0 Å². The van der Waals surface area contributed by atoms with Gasteiger partial charge in [0.2, 0.25) is 0 Å². The topological polar surface area (TPSA) is 76.2 Å². The van der Waals surface area contributed by atoms with Gasteiger partial charge < -0.3 is 10.8 Å². The fraction of sp³-hybridized carbons (Fsp3) is 0.0909. The number of hydrogen-bond acceptors (Lipinski definition) is 3. The number of aryl methyl sites for hydroxylation is 1. The zero-order valence-corrected chi connectivity index (χ0v) is 8.19. The van der Waals surface area contributed by atoms with Crippen LogP contribution in [-0.2, 0) is 0 Å². The van der Waals surface area contributed by atoms with Gasteiger partial charge in [-0.3, -0.25) is 0 Å². The van der Waals surface area contributed by atoms with Gasteiger partial charge in [-0.25, -0.2) is 9.78 Å². The summed E-state index contributed by atoms with van der Waals surface area (Å²) < 4.78 is 0. The molecule has 1 heterocycles. The molecule has 2 rings (SSSR count). The van der Waals surface area contributed by atoms with Crippen LogP contribution in [-0.4, -0.2) is 16.1 Å². The highest BCUT2D eigenvalue weighted by atomic mass is 16.4. The maximum Gasteiger partial charge on any atom is 0.335 e. The standard InChI is InChI=1S/C11H10N2O2/c1-6-5-13-10(12)8-3-2-7(11(14)15)4-9(6)8/h2-5H,1H3,(H2,12,13)(H,14,15). The van der Waals surface area contributed by atoms with E-state index in [2.05, 4.69) is 4.98 Å². The van der Waals surface area contributed by atoms with Gasteiger partial charge in [0, 0.05) is 11.6 Å². The number of carboxylic acid groups (broad SMARTS) is 1. The SMILES string of the molecule is Cc1cnc(N)c2ccc(C(=O)O)cc12. The molecule has 3 N–H and O–H groups in total. The number of nitrogens with two attached hydrogens (primary N) is 1. The number of rotatable bonds is 1. The molecule has 0 aliphatic carbocycles. The Kier molecular flexibility index (Phi) is 2.04. The number of nitrogen functional groups attached to an aromatic ring is 1. The molecule has 1 aromatic heterocycles. The minimum absolute atomic E-state index is 0.260. The summed E-state index contributed by atoms with van der Waals surface area (Å²) in [6, 6.07) is 4.83. The average molecular weight is 202 g/mol. The van der Waals surface area contributed by atoms with Crippen molar-refractivity contribution in [3.63, 3.8) is 0 Å². The van der Waals surface area contributed by atoms with E-state index in [-0.39, 0.29) is 5.56 Å². The molecule has 0 bridgehead atoms. The summed E-state index contributed by atoms with van der Waals surface area (Å²) in [5.74, 6) is -0.515. The third-order valence-electron chi connectivity index (χ3n) is 2.36. The van der Waals surface area contributed by atoms with E-state index in [1.165, 1.54) is 6.07 Å². The van der Waals surface area contributed by atoms with Crippen LogP contribution in [0.5, 0.6) is 0 Å². The fourth-order valence-corrected chi connectivity index (χ4v) is 1.53. The Morgan fingerprint density at radius 2 is 2.13 bits per heavy atom. The van der Waals surface area contributed by atoms with Gasteiger partial charge in [-0.15, -0.1) is 0 Å². The van der Waals surface area contributed by atoms with Crippen molar-refractivity contribution in [2.75, 3.05) is 5.73 Å². The highest BCUT2D eigenvalue weighted by molar-refractivity contribution is 5.98. The number of carbonyl (C=O) groups is 1. The second kappa shape index (κ2) is 3.24. The first-order chi connectivity index (χ1) is 7.09. The van der Waals surface area contributed by atoms with Crippen LogP contribution in [0.25, 0.3) is 10.8 Å². The Bertz CT molecular complexity index is 550. The van der Waals surface area contributed by atoms with Crippen molar-refractivity contribution in [1.82, 2.24) is 4.98 Å². The van der Waals surface area contributed by atoms with E-state index in [1.807, 2.05) is 6.92 Å². The number of pyridine rings is 1. The molecule has 0 spiro atoms. The van der Waals surface area contributed by atoms with E-state index < -0.39 is 5.97 Å². The molecule has 0 radical (unpaired) electrons. The monoisotopic (exact) mass is 202 g/mol. The lowest BCUT2D eigenvalue weighted by Crippen LogP contribution is -1.98. The van der Waals surface area contributed by atoms with Crippen molar-refractivity contribution in [1.29, 1.82) is 0 Å². The number of aromatic carboxylic acids is 1. The molecule has 76 valence electrons. The minimum Gasteiger partial charge on any atom is -0.478 e. The van der Waals surface area contributed by atoms with Gasteiger partial charge in [-0.2, -0.15) is 0 Å². The molecule has 0 fully saturated rings. The molecule has 4 nitrogen and oxygen atoms in total. The third kappa shape index (κ3) is 1.50. The normalized spacial score (nSPS) is 10.5. The van der Waals surface area contributed by atoms with Gasteiger partial charge in [0.15, 0.2) is 0 Å². The van der Waals surface area contributed by atoms with Gasteiger partial charge in [-0.1, -0.05) is 0 Å². The van der Waals surface area contributed by atoms with Crippen LogP contribution in [0.3, 0.4) is 0 Å². The molecule has 0 unspecified atom stereocenters. The van der Waals surface area contributed by atoms with Gasteiger partial charge in [0.1, 0.15) is 5.82 Å². The summed E-state index contributed by atoms with van der Waals surface area (Å²) >= 11 is 0. The van der Waals surface area contributed by atoms with Crippen LogP contribution in [0, 0.1) is 6.92 Å². The van der Waals surface area contributed by atoms with Gasteiger partial charge in [0.05, 0.1) is 5.56 Å². The number of anilines is 1. The maximum absolute atomic E-state index is 10.8. The van der Waals surface area contributed by atoms with Gasteiger partial charge >= 0.3 is 5.97 Å². The molecule has 0 atom stereocenters. The molecule has 1 aromatic carbocycles. The van der Waals surface area contributed by atoms with Crippen molar-refractivity contribution in [2.45, 2.75) is 6.92 Å². The summed E-state index contributed by atoms with van der Waals surface area (Å²) in [6.45, 7) is 1.88. The second-order valence-corrected chi connectivity index (χ2v) is 3.39. The highest BCUT2D eigenvalue weighted by Crippen LogP contribution is 2.23. The molecule has 4 heteroatoms. The molecule has 0 amide bonds. The lowest BCUT2D eigenvalue weighted by molar-refractivity contribution is 0.0697. The van der Waals surface area contributed by atoms with E-state index in [0.29, 0.717) is 5.82 Å². The largest absolute Gasteiger partial charge is 0.478 e. The number of fused-ring (bicyclic) bond motifs is 1. The third-order valence-corrected chi connectivity index (χ3v) is 2.36. The van der Waals surface area contributed by atoms with Crippen LogP contribution in [0.1, 0.15) is 15.9 Å². The summed E-state index contributed by atoms with van der Waals surface area (Å²) in [7, 11) is 0. The van der Waals surface area contributed by atoms with Gasteiger partial charge in [-0.05, 0) is 36.1 Å². The Labute approximate surface area is 86.4 Å². The first-order valence-corrected chi connectivity index (χ1v) is 4.47. The average Bonchev–Trinajstić information content (AvgIpc) is 2.23. The quantitative estimate of drug-likeness (QED) is 0.739. The lowest BCUT2D eigenvalue weighted by atomic mass is 10.0. The van der Waals surface area contributed by atoms with Crippen LogP contribution < -0.4 is 5.73 Å². The predicted molar refractivity (Wildman–Crippen MR) is 57.9 cm³/mol. The number of aromatic nitrogens is 1. The maximum atomic E-state index is 10.8. The van der Waals surface area contributed by atoms with E-state index in [4.69, 9.17) is 10.8 Å². The molecular weight excluding hydrogens is 192 g/mol. The van der Waals surface area contributed by atoms with Crippen molar-refractivity contribution >= 4 is 22.6 Å². The summed E-state index contributed by atoms with van der Waals surface area (Å²) in [4.78, 5) is 14.8. The summed E-state index contributed by atoms with van der Waals surface area (Å²) in [5.41, 5.74) is 6.87. The number of benzene rings is 1. The molecular formula is C11H10N2O2. The molecule has 0 saturated carbocycles. The van der Waals surface area contributed by atoms with Crippen molar-refractivity contribution < 1.29 is 9.90 Å². The molecule has 15 heavy (non-hydrogen) atoms. The van der Waals surface area contributed by atoms with Crippen molar-refractivity contribution in [3.8, 4) is 0 Å². The van der Waals surface area contributed by atoms with Crippen LogP contribution in [0.2, 0.25) is 0 Å². The van der Waals surface area contributed by atoms with Crippen LogP contribution in [0.15, 0.2) is 24.4 Å². The minimum atomic E-state index is -0.938. The van der Waals surface area contributed by atoms with E-state index in [9.17, 15) is 4.79 Å². The Morgan fingerprint density at radius 3 is 2.80 bits per heavy atom. The number of hydrogen-bond donors (Lipinski definition) is 2. The van der Waals surface area contributed by atoms with E-state index in [1.54, 1.807) is 18.3 Å². The van der Waals surface area contributed by atoms with Crippen LogP contribution >= 0.6 is 0 Å². The second-order valence-electron chi connectivity index (χ2n) is 3.39. The molecule has 2 aromatic rings. The van der Waals surface area contributed by atoms with Crippen LogP contribution in [0.4, 0.5) is 5.82 Å². The van der Waals surface area contributed by atoms with Crippen molar-refractivity contribution in [2.24, 2.45) is 0 Å². The van der Waals surface area contributed by atoms with E-state index in [0.717, 1.165) is 16.3 Å². The Hall–Kier alpha value is -2.10.